The molecule has 3 aromatic rings. The van der Waals surface area contributed by atoms with Gasteiger partial charge in [0.25, 0.3) is 0 Å². The Bertz CT molecular complexity index is 1020. The van der Waals surface area contributed by atoms with Crippen LogP contribution in [-0.2, 0) is 10.3 Å². The maximum atomic E-state index is 12.7. The van der Waals surface area contributed by atoms with Gasteiger partial charge in [-0.3, -0.25) is 5.10 Å². The van der Waals surface area contributed by atoms with Crippen molar-refractivity contribution in [1.82, 2.24) is 15.5 Å². The van der Waals surface area contributed by atoms with Crippen molar-refractivity contribution in [1.29, 1.82) is 0 Å². The van der Waals surface area contributed by atoms with Gasteiger partial charge in [0.15, 0.2) is 0 Å². The number of aromatic amines is 1. The summed E-state index contributed by atoms with van der Waals surface area (Å²) in [7, 11) is 0. The fourth-order valence-electron chi connectivity index (χ4n) is 3.21. The minimum Gasteiger partial charge on any atom is -0.489 e. The van der Waals surface area contributed by atoms with Crippen LogP contribution in [0.25, 0.3) is 22.0 Å². The number of alkyl halides is 1. The van der Waals surface area contributed by atoms with Gasteiger partial charge in [-0.25, -0.2) is 9.18 Å². The molecule has 0 bridgehead atoms. The van der Waals surface area contributed by atoms with E-state index in [2.05, 4.69) is 15.5 Å². The highest BCUT2D eigenvalue weighted by Gasteiger charge is 2.26. The number of nitrogens with one attached hydrogen (secondary N) is 2. The maximum Gasteiger partial charge on any atom is 0.408 e. The first-order valence-electron chi connectivity index (χ1n) is 9.87. The van der Waals surface area contributed by atoms with Crippen molar-refractivity contribution in [2.75, 3.05) is 13.3 Å². The summed E-state index contributed by atoms with van der Waals surface area (Å²) in [6, 6.07) is 11.7. The number of amides is 1. The number of alkyl carbamates (subject to hydrolysis) is 1. The van der Waals surface area contributed by atoms with Gasteiger partial charge in [0.1, 0.15) is 24.6 Å². The molecule has 0 unspecified atom stereocenters. The summed E-state index contributed by atoms with van der Waals surface area (Å²) in [6.07, 6.45) is 1.21. The second kappa shape index (κ2) is 8.34. The van der Waals surface area contributed by atoms with Crippen LogP contribution in [-0.4, -0.2) is 35.2 Å². The van der Waals surface area contributed by atoms with Crippen molar-refractivity contribution in [2.24, 2.45) is 0 Å². The molecule has 0 saturated carbocycles. The van der Waals surface area contributed by atoms with E-state index in [9.17, 15) is 9.18 Å². The number of fused-ring (bicyclic) bond motifs is 1. The second-order valence-electron chi connectivity index (χ2n) is 8.64. The molecule has 6 nitrogen and oxygen atoms in total. The fourth-order valence-corrected chi connectivity index (χ4v) is 3.21. The highest BCUT2D eigenvalue weighted by molar-refractivity contribution is 5.92. The molecule has 1 amide bonds. The molecule has 0 aliphatic rings. The number of rotatable bonds is 6. The van der Waals surface area contributed by atoms with E-state index in [1.165, 1.54) is 0 Å². The van der Waals surface area contributed by atoms with Crippen LogP contribution in [0.3, 0.4) is 0 Å². The van der Waals surface area contributed by atoms with Gasteiger partial charge >= 0.3 is 6.09 Å². The summed E-state index contributed by atoms with van der Waals surface area (Å²) < 4.78 is 23.8. The van der Waals surface area contributed by atoms with Gasteiger partial charge in [-0.1, -0.05) is 24.3 Å². The molecule has 0 spiro atoms. The first-order valence-corrected chi connectivity index (χ1v) is 9.87. The Morgan fingerprint density at radius 2 is 1.80 bits per heavy atom. The molecule has 7 heteroatoms. The van der Waals surface area contributed by atoms with E-state index in [1.807, 2.05) is 71.0 Å². The monoisotopic (exact) mass is 413 g/mol. The van der Waals surface area contributed by atoms with Crippen LogP contribution < -0.4 is 10.1 Å². The lowest BCUT2D eigenvalue weighted by molar-refractivity contribution is 0.0470. The fraction of sp³-hybridized carbons (Fsp3) is 0.391. The first kappa shape index (κ1) is 21.6. The lowest BCUT2D eigenvalue weighted by Crippen LogP contribution is -2.43. The first-order chi connectivity index (χ1) is 14.1. The van der Waals surface area contributed by atoms with Crippen LogP contribution in [0.2, 0.25) is 0 Å². The van der Waals surface area contributed by atoms with E-state index in [0.29, 0.717) is 5.75 Å². The van der Waals surface area contributed by atoms with E-state index in [1.54, 1.807) is 6.20 Å². The van der Waals surface area contributed by atoms with Crippen LogP contribution in [0.5, 0.6) is 5.75 Å². The van der Waals surface area contributed by atoms with Gasteiger partial charge < -0.3 is 14.8 Å². The third kappa shape index (κ3) is 4.90. The summed E-state index contributed by atoms with van der Waals surface area (Å²) in [6.45, 7) is 8.72. The number of nitrogens with zero attached hydrogens (tertiary/aromatic N) is 1. The zero-order valence-electron chi connectivity index (χ0n) is 18.0. The summed E-state index contributed by atoms with van der Waals surface area (Å²) in [4.78, 5) is 12.2. The Labute approximate surface area is 175 Å². The van der Waals surface area contributed by atoms with E-state index in [0.717, 1.165) is 27.6 Å². The van der Waals surface area contributed by atoms with Crippen LogP contribution in [0.15, 0.2) is 42.6 Å². The topological polar surface area (TPSA) is 76.2 Å². The third-order valence-corrected chi connectivity index (χ3v) is 4.63. The van der Waals surface area contributed by atoms with Crippen molar-refractivity contribution in [3.63, 3.8) is 0 Å². The molecule has 0 atom stereocenters. The van der Waals surface area contributed by atoms with Gasteiger partial charge in [0.05, 0.1) is 22.6 Å². The van der Waals surface area contributed by atoms with Crippen molar-refractivity contribution < 1.29 is 18.7 Å². The molecule has 0 aliphatic heterocycles. The predicted molar refractivity (Wildman–Crippen MR) is 115 cm³/mol. The summed E-state index contributed by atoms with van der Waals surface area (Å²) in [5, 5.41) is 10.7. The Morgan fingerprint density at radius 1 is 1.10 bits per heavy atom. The number of halogens is 1. The molecular formula is C23H28FN3O3. The Balaban J connectivity index is 1.87. The van der Waals surface area contributed by atoms with Crippen molar-refractivity contribution in [3.05, 3.63) is 48.2 Å². The smallest absolute Gasteiger partial charge is 0.408 e. The quantitative estimate of drug-likeness (QED) is 0.572. The van der Waals surface area contributed by atoms with Gasteiger partial charge in [-0.15, -0.1) is 0 Å². The molecule has 2 aromatic carbocycles. The Morgan fingerprint density at radius 3 is 2.43 bits per heavy atom. The maximum absolute atomic E-state index is 12.7. The van der Waals surface area contributed by atoms with Crippen LogP contribution in [0.4, 0.5) is 9.18 Å². The molecule has 3 rings (SSSR count). The lowest BCUT2D eigenvalue weighted by Gasteiger charge is -2.29. The molecule has 1 aromatic heterocycles. The van der Waals surface area contributed by atoms with Crippen LogP contribution in [0.1, 0.15) is 40.2 Å². The number of hydrogen-bond donors (Lipinski definition) is 2. The number of carbonyl (C=O) groups is 1. The minimum atomic E-state index is -0.622. The van der Waals surface area contributed by atoms with Gasteiger partial charge in [0, 0.05) is 5.56 Å². The normalized spacial score (nSPS) is 12.1. The molecule has 0 saturated heterocycles. The molecule has 0 aliphatic carbocycles. The Kier molecular flexibility index (Phi) is 6.01. The highest BCUT2D eigenvalue weighted by Crippen LogP contribution is 2.37. The van der Waals surface area contributed by atoms with Gasteiger partial charge in [-0.2, -0.15) is 5.10 Å². The lowest BCUT2D eigenvalue weighted by atomic mass is 9.92. The molecule has 0 radical (unpaired) electrons. The summed E-state index contributed by atoms with van der Waals surface area (Å²) in [5.41, 5.74) is 2.33. The number of ether oxygens (including phenoxy) is 2. The molecule has 2 N–H and O–H groups in total. The molecular weight excluding hydrogens is 385 g/mol. The van der Waals surface area contributed by atoms with Crippen LogP contribution in [0, 0.1) is 0 Å². The van der Waals surface area contributed by atoms with Gasteiger partial charge in [-0.05, 0) is 57.9 Å². The van der Waals surface area contributed by atoms with E-state index < -0.39 is 23.9 Å². The van der Waals surface area contributed by atoms with Crippen molar-refractivity contribution >= 4 is 17.0 Å². The molecule has 1 heterocycles. The van der Waals surface area contributed by atoms with Crippen molar-refractivity contribution in [3.8, 4) is 16.9 Å². The summed E-state index contributed by atoms with van der Waals surface area (Å²) >= 11 is 0. The molecule has 160 valence electrons. The zero-order chi connectivity index (χ0) is 21.9. The largest absolute Gasteiger partial charge is 0.489 e. The minimum absolute atomic E-state index is 0.0256. The van der Waals surface area contributed by atoms with Crippen LogP contribution >= 0.6 is 0 Å². The molecule has 30 heavy (non-hydrogen) atoms. The second-order valence-corrected chi connectivity index (χ2v) is 8.64. The number of H-pyrrole nitrogens is 1. The summed E-state index contributed by atoms with van der Waals surface area (Å²) in [5.74, 6) is 0.595. The molecule has 0 fully saturated rings. The van der Waals surface area contributed by atoms with E-state index in [-0.39, 0.29) is 6.61 Å². The number of aromatic nitrogens is 2. The average Bonchev–Trinajstić information content (AvgIpc) is 3.13. The van der Waals surface area contributed by atoms with Crippen molar-refractivity contribution in [2.45, 2.75) is 45.8 Å². The third-order valence-electron chi connectivity index (χ3n) is 4.63. The Hall–Kier alpha value is -3.09. The number of benzene rings is 2. The van der Waals surface area contributed by atoms with E-state index >= 15 is 0 Å². The number of hydrogen-bond acceptors (Lipinski definition) is 4. The SMILES string of the molecule is CC(C)(C)OC(=O)NC(C)(C)c1ccc(-c2ccc3[nH]ncc3c2OCCF)cc1. The predicted octanol–water partition coefficient (Wildman–Crippen LogP) is 5.34. The average molecular weight is 413 g/mol. The van der Waals surface area contributed by atoms with Gasteiger partial charge in [0.2, 0.25) is 0 Å². The standard InChI is InChI=1S/C23H28FN3O3/c1-22(2,3)30-21(28)26-23(4,5)16-8-6-15(7-9-16)17-10-11-19-18(14-25-27-19)20(17)29-13-12-24/h6-11,14H,12-13H2,1-5H3,(H,25,27)(H,26,28). The zero-order valence-corrected chi connectivity index (χ0v) is 18.0. The van der Waals surface area contributed by atoms with E-state index in [4.69, 9.17) is 9.47 Å². The number of carbonyl (C=O) groups excluding carboxylic acids is 1. The highest BCUT2D eigenvalue weighted by atomic mass is 19.1.